The van der Waals surface area contributed by atoms with Gasteiger partial charge in [0.1, 0.15) is 11.6 Å². The Morgan fingerprint density at radius 3 is 2.79 bits per heavy atom. The van der Waals surface area contributed by atoms with E-state index in [0.717, 1.165) is 37.3 Å². The highest BCUT2D eigenvalue weighted by Gasteiger charge is 2.10. The van der Waals surface area contributed by atoms with Gasteiger partial charge in [-0.2, -0.15) is 0 Å². The van der Waals surface area contributed by atoms with Crippen molar-refractivity contribution in [3.05, 3.63) is 29.8 Å². The SMILES string of the molecule is CN(C)CCCCn1c(CCl)nc2cc(F)ccc21. The van der Waals surface area contributed by atoms with Crippen LogP contribution in [0.5, 0.6) is 0 Å². The van der Waals surface area contributed by atoms with E-state index in [9.17, 15) is 4.39 Å². The molecule has 0 aliphatic rings. The molecular weight excluding hydrogens is 265 g/mol. The van der Waals surface area contributed by atoms with E-state index in [-0.39, 0.29) is 5.82 Å². The van der Waals surface area contributed by atoms with Crippen LogP contribution in [-0.2, 0) is 12.4 Å². The molecule has 1 heterocycles. The third-order valence-electron chi connectivity index (χ3n) is 3.15. The number of imidazole rings is 1. The molecule has 0 saturated heterocycles. The number of benzene rings is 1. The number of aryl methyl sites for hydroxylation is 1. The lowest BCUT2D eigenvalue weighted by atomic mass is 10.2. The van der Waals surface area contributed by atoms with Crippen molar-refractivity contribution in [3.63, 3.8) is 0 Å². The molecule has 3 nitrogen and oxygen atoms in total. The van der Waals surface area contributed by atoms with Gasteiger partial charge in [0.2, 0.25) is 0 Å². The average molecular weight is 284 g/mol. The van der Waals surface area contributed by atoms with E-state index in [0.29, 0.717) is 11.4 Å². The molecule has 5 heteroatoms. The monoisotopic (exact) mass is 283 g/mol. The summed E-state index contributed by atoms with van der Waals surface area (Å²) >= 11 is 5.92. The Hall–Kier alpha value is -1.13. The minimum absolute atomic E-state index is 0.258. The van der Waals surface area contributed by atoms with Gasteiger partial charge in [0.15, 0.2) is 0 Å². The highest BCUT2D eigenvalue weighted by Crippen LogP contribution is 2.19. The van der Waals surface area contributed by atoms with Crippen LogP contribution >= 0.6 is 11.6 Å². The largest absolute Gasteiger partial charge is 0.327 e. The molecule has 0 aliphatic carbocycles. The molecule has 0 spiro atoms. The van der Waals surface area contributed by atoms with Gasteiger partial charge in [-0.1, -0.05) is 0 Å². The van der Waals surface area contributed by atoms with Crippen LogP contribution < -0.4 is 0 Å². The standard InChI is InChI=1S/C14H19ClFN3/c1-18(2)7-3-4-8-19-13-6-5-11(16)9-12(13)17-14(19)10-15/h5-6,9H,3-4,7-8,10H2,1-2H3. The number of hydrogen-bond donors (Lipinski definition) is 0. The zero-order chi connectivity index (χ0) is 13.8. The van der Waals surface area contributed by atoms with Crippen molar-refractivity contribution in [2.24, 2.45) is 0 Å². The van der Waals surface area contributed by atoms with Crippen LogP contribution in [0, 0.1) is 5.82 Å². The lowest BCUT2D eigenvalue weighted by Crippen LogP contribution is -2.13. The van der Waals surface area contributed by atoms with Crippen LogP contribution in [0.3, 0.4) is 0 Å². The van der Waals surface area contributed by atoms with Gasteiger partial charge in [0.05, 0.1) is 16.9 Å². The first-order valence-electron chi connectivity index (χ1n) is 6.47. The van der Waals surface area contributed by atoms with E-state index < -0.39 is 0 Å². The third-order valence-corrected chi connectivity index (χ3v) is 3.38. The number of hydrogen-bond acceptors (Lipinski definition) is 2. The summed E-state index contributed by atoms with van der Waals surface area (Å²) in [5, 5.41) is 0. The number of fused-ring (bicyclic) bond motifs is 1. The van der Waals surface area contributed by atoms with Crippen molar-refractivity contribution in [2.75, 3.05) is 20.6 Å². The lowest BCUT2D eigenvalue weighted by molar-refractivity contribution is 0.388. The Balaban J connectivity index is 2.16. The van der Waals surface area contributed by atoms with Crippen molar-refractivity contribution in [3.8, 4) is 0 Å². The second kappa shape index (κ2) is 6.35. The van der Waals surface area contributed by atoms with Crippen molar-refractivity contribution in [2.45, 2.75) is 25.3 Å². The minimum Gasteiger partial charge on any atom is -0.327 e. The molecular formula is C14H19ClFN3. The van der Waals surface area contributed by atoms with Crippen molar-refractivity contribution < 1.29 is 4.39 Å². The molecule has 0 bridgehead atoms. The number of alkyl halides is 1. The second-order valence-corrected chi connectivity index (χ2v) is 5.22. The molecule has 0 aliphatic heterocycles. The first-order chi connectivity index (χ1) is 9.11. The van der Waals surface area contributed by atoms with E-state index in [1.165, 1.54) is 12.1 Å². The molecule has 1 aromatic carbocycles. The summed E-state index contributed by atoms with van der Waals surface area (Å²) in [4.78, 5) is 6.56. The maximum absolute atomic E-state index is 13.2. The summed E-state index contributed by atoms with van der Waals surface area (Å²) < 4.78 is 15.3. The van der Waals surface area contributed by atoms with Gasteiger partial charge in [0, 0.05) is 12.6 Å². The molecule has 1 aromatic heterocycles. The Labute approximate surface area is 118 Å². The van der Waals surface area contributed by atoms with Crippen LogP contribution in [-0.4, -0.2) is 35.1 Å². The highest BCUT2D eigenvalue weighted by molar-refractivity contribution is 6.16. The summed E-state index contributed by atoms with van der Waals surface area (Å²) in [6.07, 6.45) is 2.18. The van der Waals surface area contributed by atoms with Crippen molar-refractivity contribution in [1.82, 2.24) is 14.5 Å². The summed E-state index contributed by atoms with van der Waals surface area (Å²) in [7, 11) is 4.14. The number of rotatable bonds is 6. The molecule has 0 atom stereocenters. The van der Waals surface area contributed by atoms with Gasteiger partial charge in [-0.25, -0.2) is 9.37 Å². The van der Waals surface area contributed by atoms with Crippen LogP contribution in [0.15, 0.2) is 18.2 Å². The third kappa shape index (κ3) is 3.45. The van der Waals surface area contributed by atoms with E-state index in [4.69, 9.17) is 11.6 Å². The Morgan fingerprint density at radius 2 is 2.11 bits per heavy atom. The lowest BCUT2D eigenvalue weighted by Gasteiger charge is -2.11. The molecule has 2 aromatic rings. The summed E-state index contributed by atoms with van der Waals surface area (Å²) in [6.45, 7) is 1.94. The second-order valence-electron chi connectivity index (χ2n) is 4.96. The normalized spacial score (nSPS) is 11.6. The minimum atomic E-state index is -0.258. The number of aromatic nitrogens is 2. The Kier molecular flexibility index (Phi) is 4.77. The van der Waals surface area contributed by atoms with Gasteiger partial charge >= 0.3 is 0 Å². The Bertz CT molecular complexity index is 551. The quantitative estimate of drug-likeness (QED) is 0.599. The van der Waals surface area contributed by atoms with Gasteiger partial charge in [0.25, 0.3) is 0 Å². The predicted octanol–water partition coefficient (Wildman–Crippen LogP) is 3.26. The summed E-state index contributed by atoms with van der Waals surface area (Å²) in [6, 6.07) is 4.71. The molecule has 2 rings (SSSR count). The smallest absolute Gasteiger partial charge is 0.125 e. The van der Waals surface area contributed by atoms with Gasteiger partial charge in [-0.15, -0.1) is 11.6 Å². The molecule has 0 fully saturated rings. The Morgan fingerprint density at radius 1 is 1.32 bits per heavy atom. The van der Waals surface area contributed by atoms with Crippen LogP contribution in [0.1, 0.15) is 18.7 Å². The van der Waals surface area contributed by atoms with Gasteiger partial charge in [-0.3, -0.25) is 0 Å². The zero-order valence-corrected chi connectivity index (χ0v) is 12.1. The molecule has 0 N–H and O–H groups in total. The van der Waals surface area contributed by atoms with Gasteiger partial charge < -0.3 is 9.47 Å². The maximum Gasteiger partial charge on any atom is 0.125 e. The fourth-order valence-electron chi connectivity index (χ4n) is 2.20. The average Bonchev–Trinajstić information content (AvgIpc) is 2.71. The van der Waals surface area contributed by atoms with E-state index in [1.807, 2.05) is 0 Å². The number of nitrogens with zero attached hydrogens (tertiary/aromatic N) is 3. The number of halogens is 2. The van der Waals surface area contributed by atoms with Crippen LogP contribution in [0.4, 0.5) is 4.39 Å². The summed E-state index contributed by atoms with van der Waals surface area (Å²) in [5.74, 6) is 0.905. The highest BCUT2D eigenvalue weighted by atomic mass is 35.5. The molecule has 104 valence electrons. The fraction of sp³-hybridized carbons (Fsp3) is 0.500. The molecule has 0 amide bonds. The van der Waals surface area contributed by atoms with Crippen LogP contribution in [0.25, 0.3) is 11.0 Å². The topological polar surface area (TPSA) is 21.1 Å². The van der Waals surface area contributed by atoms with Crippen molar-refractivity contribution >= 4 is 22.6 Å². The van der Waals surface area contributed by atoms with Crippen LogP contribution in [0.2, 0.25) is 0 Å². The predicted molar refractivity (Wildman–Crippen MR) is 77.0 cm³/mol. The fourth-order valence-corrected chi connectivity index (χ4v) is 2.41. The molecule has 0 saturated carbocycles. The van der Waals surface area contributed by atoms with E-state index >= 15 is 0 Å². The van der Waals surface area contributed by atoms with Gasteiger partial charge in [-0.05, 0) is 45.6 Å². The zero-order valence-electron chi connectivity index (χ0n) is 11.4. The van der Waals surface area contributed by atoms with E-state index in [1.54, 1.807) is 6.07 Å². The maximum atomic E-state index is 13.2. The molecule has 0 unspecified atom stereocenters. The number of unbranched alkanes of at least 4 members (excludes halogenated alkanes) is 1. The first kappa shape index (κ1) is 14.3. The summed E-state index contributed by atoms with van der Waals surface area (Å²) in [5.41, 5.74) is 1.64. The molecule has 19 heavy (non-hydrogen) atoms. The van der Waals surface area contributed by atoms with Crippen molar-refractivity contribution in [1.29, 1.82) is 0 Å². The molecule has 0 radical (unpaired) electrons. The first-order valence-corrected chi connectivity index (χ1v) is 7.00. The van der Waals surface area contributed by atoms with E-state index in [2.05, 4.69) is 28.5 Å².